The summed E-state index contributed by atoms with van der Waals surface area (Å²) in [5.74, 6) is 1.52. The number of aliphatic hydroxyl groups is 1. The number of methoxy groups -OCH3 is 1. The van der Waals surface area contributed by atoms with E-state index in [2.05, 4.69) is 12.2 Å². The quantitative estimate of drug-likeness (QED) is 0.461. The summed E-state index contributed by atoms with van der Waals surface area (Å²) in [6, 6.07) is 0. The van der Waals surface area contributed by atoms with Crippen molar-refractivity contribution in [3.8, 4) is 0 Å². The van der Waals surface area contributed by atoms with Crippen LogP contribution in [0.5, 0.6) is 0 Å². The largest absolute Gasteiger partial charge is 0.468 e. The lowest BCUT2D eigenvalue weighted by molar-refractivity contribution is -0.148. The van der Waals surface area contributed by atoms with Crippen LogP contribution in [0.15, 0.2) is 0 Å². The Labute approximate surface area is 108 Å². The van der Waals surface area contributed by atoms with Gasteiger partial charge in [0.15, 0.2) is 0 Å². The van der Waals surface area contributed by atoms with Gasteiger partial charge < -0.3 is 15.2 Å². The molecule has 0 aliphatic carbocycles. The van der Waals surface area contributed by atoms with Crippen LogP contribution in [0.1, 0.15) is 33.1 Å². The third-order valence-electron chi connectivity index (χ3n) is 2.60. The molecule has 0 bridgehead atoms. The average Bonchev–Trinajstić information content (AvgIpc) is 2.35. The van der Waals surface area contributed by atoms with E-state index < -0.39 is 5.54 Å². The number of esters is 1. The first-order chi connectivity index (χ1) is 8.10. The summed E-state index contributed by atoms with van der Waals surface area (Å²) >= 11 is 1.71. The number of aliphatic hydroxyl groups excluding tert-OH is 1. The van der Waals surface area contributed by atoms with E-state index in [9.17, 15) is 4.79 Å². The Morgan fingerprint density at radius 3 is 2.71 bits per heavy atom. The first kappa shape index (κ1) is 16.7. The number of rotatable bonds is 10. The van der Waals surface area contributed by atoms with Gasteiger partial charge >= 0.3 is 5.97 Å². The van der Waals surface area contributed by atoms with E-state index in [0.717, 1.165) is 37.3 Å². The summed E-state index contributed by atoms with van der Waals surface area (Å²) in [6.07, 6.45) is 2.69. The van der Waals surface area contributed by atoms with E-state index in [1.165, 1.54) is 7.11 Å². The fraction of sp³-hybridized carbons (Fsp3) is 0.917. The molecule has 0 saturated heterocycles. The third-order valence-corrected chi connectivity index (χ3v) is 3.65. The highest BCUT2D eigenvalue weighted by Crippen LogP contribution is 2.16. The molecule has 0 aromatic carbocycles. The molecule has 1 atom stereocenters. The normalized spacial score (nSPS) is 14.4. The highest BCUT2D eigenvalue weighted by atomic mass is 32.2. The van der Waals surface area contributed by atoms with Crippen molar-refractivity contribution in [2.45, 2.75) is 38.6 Å². The molecule has 102 valence electrons. The Hall–Kier alpha value is -0.260. The van der Waals surface area contributed by atoms with Crippen molar-refractivity contribution in [2.75, 3.05) is 31.8 Å². The molecular weight excluding hydrogens is 238 g/mol. The molecule has 0 radical (unpaired) electrons. The number of ether oxygens (including phenoxy) is 1. The summed E-state index contributed by atoms with van der Waals surface area (Å²) in [5.41, 5.74) is -0.579. The van der Waals surface area contributed by atoms with Crippen molar-refractivity contribution in [1.82, 2.24) is 5.32 Å². The molecule has 0 fully saturated rings. The predicted molar refractivity (Wildman–Crippen MR) is 72.4 cm³/mol. The van der Waals surface area contributed by atoms with E-state index in [-0.39, 0.29) is 12.6 Å². The number of carbonyl (C=O) groups excluding carboxylic acids is 1. The van der Waals surface area contributed by atoms with E-state index in [4.69, 9.17) is 9.84 Å². The van der Waals surface area contributed by atoms with Gasteiger partial charge in [-0.25, -0.2) is 0 Å². The summed E-state index contributed by atoms with van der Waals surface area (Å²) in [7, 11) is 1.43. The lowest BCUT2D eigenvalue weighted by Crippen LogP contribution is -2.50. The number of nitrogens with one attached hydrogen (secondary N) is 1. The molecule has 4 nitrogen and oxygen atoms in total. The summed E-state index contributed by atoms with van der Waals surface area (Å²) in [4.78, 5) is 11.7. The minimum absolute atomic E-state index is 0.196. The lowest BCUT2D eigenvalue weighted by atomic mass is 9.96. The smallest absolute Gasteiger partial charge is 0.325 e. The van der Waals surface area contributed by atoms with Crippen molar-refractivity contribution in [3.05, 3.63) is 0 Å². The van der Waals surface area contributed by atoms with Crippen molar-refractivity contribution in [2.24, 2.45) is 0 Å². The maximum absolute atomic E-state index is 11.7. The van der Waals surface area contributed by atoms with Gasteiger partial charge in [0.1, 0.15) is 5.54 Å². The molecule has 0 saturated carbocycles. The second-order valence-corrected chi connectivity index (χ2v) is 5.41. The standard InChI is InChI=1S/C12H25NO3S/c1-4-7-13-12(2,11(15)16-3)6-5-9-17-10-8-14/h13-14H,4-10H2,1-3H3. The van der Waals surface area contributed by atoms with E-state index in [1.54, 1.807) is 11.8 Å². The minimum Gasteiger partial charge on any atom is -0.468 e. The molecule has 0 aromatic rings. The molecule has 2 N–H and O–H groups in total. The molecule has 0 rings (SSSR count). The van der Waals surface area contributed by atoms with Crippen molar-refractivity contribution in [1.29, 1.82) is 0 Å². The fourth-order valence-corrected chi connectivity index (χ4v) is 2.26. The Kier molecular flexibility index (Phi) is 9.59. The highest BCUT2D eigenvalue weighted by Gasteiger charge is 2.32. The Morgan fingerprint density at radius 1 is 1.47 bits per heavy atom. The molecule has 0 heterocycles. The van der Waals surface area contributed by atoms with Crippen molar-refractivity contribution >= 4 is 17.7 Å². The van der Waals surface area contributed by atoms with Gasteiger partial charge in [-0.05, 0) is 38.5 Å². The average molecular weight is 263 g/mol. The van der Waals surface area contributed by atoms with Gasteiger partial charge in [0, 0.05) is 5.75 Å². The van der Waals surface area contributed by atoms with Crippen LogP contribution >= 0.6 is 11.8 Å². The third kappa shape index (κ3) is 6.91. The van der Waals surface area contributed by atoms with Gasteiger partial charge in [-0.1, -0.05) is 6.92 Å². The zero-order valence-electron chi connectivity index (χ0n) is 11.1. The Balaban J connectivity index is 4.05. The van der Waals surface area contributed by atoms with Crippen LogP contribution in [0.2, 0.25) is 0 Å². The number of hydrogen-bond acceptors (Lipinski definition) is 5. The molecule has 0 aliphatic rings. The molecule has 1 unspecified atom stereocenters. The number of thioether (sulfide) groups is 1. The molecule has 0 aliphatic heterocycles. The maximum atomic E-state index is 11.7. The van der Waals surface area contributed by atoms with Crippen LogP contribution in [-0.4, -0.2) is 48.4 Å². The van der Waals surface area contributed by atoms with E-state index in [1.807, 2.05) is 6.92 Å². The SMILES string of the molecule is CCCNC(C)(CCCSCCO)C(=O)OC. The van der Waals surface area contributed by atoms with E-state index >= 15 is 0 Å². The lowest BCUT2D eigenvalue weighted by Gasteiger charge is -2.27. The van der Waals surface area contributed by atoms with Gasteiger partial charge in [0.05, 0.1) is 13.7 Å². The second-order valence-electron chi connectivity index (χ2n) is 4.19. The molecule has 17 heavy (non-hydrogen) atoms. The van der Waals surface area contributed by atoms with Crippen LogP contribution in [0.3, 0.4) is 0 Å². The van der Waals surface area contributed by atoms with Gasteiger partial charge in [-0.15, -0.1) is 0 Å². The first-order valence-electron chi connectivity index (χ1n) is 6.12. The predicted octanol–water partition coefficient (Wildman–Crippen LogP) is 1.42. The number of hydrogen-bond donors (Lipinski definition) is 2. The summed E-state index contributed by atoms with van der Waals surface area (Å²) in [5, 5.41) is 11.9. The molecule has 5 heteroatoms. The van der Waals surface area contributed by atoms with Gasteiger partial charge in [0.25, 0.3) is 0 Å². The van der Waals surface area contributed by atoms with Gasteiger partial charge in [0.2, 0.25) is 0 Å². The van der Waals surface area contributed by atoms with Crippen LogP contribution < -0.4 is 5.32 Å². The minimum atomic E-state index is -0.579. The molecule has 0 amide bonds. The van der Waals surface area contributed by atoms with Crippen LogP contribution in [-0.2, 0) is 9.53 Å². The highest BCUT2D eigenvalue weighted by molar-refractivity contribution is 7.99. The molecule has 0 aromatic heterocycles. The molecule has 0 spiro atoms. The molecular formula is C12H25NO3S. The van der Waals surface area contributed by atoms with Gasteiger partial charge in [-0.2, -0.15) is 11.8 Å². The first-order valence-corrected chi connectivity index (χ1v) is 7.28. The Morgan fingerprint density at radius 2 is 2.18 bits per heavy atom. The fourth-order valence-electron chi connectivity index (χ4n) is 1.58. The van der Waals surface area contributed by atoms with Crippen LogP contribution in [0.4, 0.5) is 0 Å². The van der Waals surface area contributed by atoms with Crippen LogP contribution in [0, 0.1) is 0 Å². The topological polar surface area (TPSA) is 58.6 Å². The Bertz CT molecular complexity index is 214. The summed E-state index contributed by atoms with van der Waals surface area (Å²) < 4.78 is 4.84. The van der Waals surface area contributed by atoms with Crippen molar-refractivity contribution < 1.29 is 14.6 Å². The zero-order valence-corrected chi connectivity index (χ0v) is 11.9. The summed E-state index contributed by atoms with van der Waals surface area (Å²) in [6.45, 7) is 5.00. The van der Waals surface area contributed by atoms with E-state index in [0.29, 0.717) is 0 Å². The maximum Gasteiger partial charge on any atom is 0.325 e. The van der Waals surface area contributed by atoms with Crippen LogP contribution in [0.25, 0.3) is 0 Å². The zero-order chi connectivity index (χ0) is 13.1. The van der Waals surface area contributed by atoms with Gasteiger partial charge in [-0.3, -0.25) is 4.79 Å². The number of carbonyl (C=O) groups is 1. The van der Waals surface area contributed by atoms with Crippen molar-refractivity contribution in [3.63, 3.8) is 0 Å². The monoisotopic (exact) mass is 263 g/mol. The second kappa shape index (κ2) is 9.74.